The molecule has 1 aromatic carbocycles. The van der Waals surface area contributed by atoms with E-state index in [1.165, 1.54) is 27.8 Å². The molecule has 9 nitrogen and oxygen atoms in total. The van der Waals surface area contributed by atoms with Crippen LogP contribution in [0.5, 0.6) is 0 Å². The third-order valence-corrected chi connectivity index (χ3v) is 8.31. The van der Waals surface area contributed by atoms with Gasteiger partial charge in [0.15, 0.2) is 4.34 Å². The standard InChI is InChI=1S/C17H19N3O6S3/c1-2-26-16(21)9-12-11-27-17(18-12)28-14-6-5-13(20(22)23)10-15(14)29(24,25)19-7-3-4-8-19/h5-6,10-11H,2-4,7-9H2,1H3. The van der Waals surface area contributed by atoms with Gasteiger partial charge in [-0.15, -0.1) is 11.3 Å². The van der Waals surface area contributed by atoms with Gasteiger partial charge >= 0.3 is 5.97 Å². The first kappa shape index (κ1) is 21.7. The van der Waals surface area contributed by atoms with Crippen molar-refractivity contribution in [3.63, 3.8) is 0 Å². The highest BCUT2D eigenvalue weighted by atomic mass is 32.2. The van der Waals surface area contributed by atoms with Gasteiger partial charge in [-0.05, 0) is 25.8 Å². The number of aromatic nitrogens is 1. The van der Waals surface area contributed by atoms with Gasteiger partial charge in [0.2, 0.25) is 10.0 Å². The van der Waals surface area contributed by atoms with E-state index in [4.69, 9.17) is 4.74 Å². The highest BCUT2D eigenvalue weighted by Crippen LogP contribution is 2.38. The van der Waals surface area contributed by atoms with E-state index in [-0.39, 0.29) is 29.6 Å². The average molecular weight is 458 g/mol. The zero-order valence-corrected chi connectivity index (χ0v) is 18.0. The lowest BCUT2D eigenvalue weighted by Gasteiger charge is -2.17. The van der Waals surface area contributed by atoms with Gasteiger partial charge in [0.1, 0.15) is 4.90 Å². The average Bonchev–Trinajstić information content (AvgIpc) is 3.34. The lowest BCUT2D eigenvalue weighted by Crippen LogP contribution is -2.28. The van der Waals surface area contributed by atoms with Crippen LogP contribution < -0.4 is 0 Å². The number of ether oxygens (including phenoxy) is 1. The molecule has 156 valence electrons. The lowest BCUT2D eigenvalue weighted by atomic mass is 10.3. The Morgan fingerprint density at radius 2 is 2.10 bits per heavy atom. The number of nitro groups is 1. The predicted octanol–water partition coefficient (Wildman–Crippen LogP) is 3.09. The molecule has 0 saturated carbocycles. The molecule has 1 fully saturated rings. The van der Waals surface area contributed by atoms with E-state index in [2.05, 4.69) is 4.98 Å². The van der Waals surface area contributed by atoms with E-state index >= 15 is 0 Å². The lowest BCUT2D eigenvalue weighted by molar-refractivity contribution is -0.385. The molecule has 1 saturated heterocycles. The van der Waals surface area contributed by atoms with Crippen LogP contribution in [-0.4, -0.2) is 48.3 Å². The number of hydrogen-bond acceptors (Lipinski definition) is 9. The van der Waals surface area contributed by atoms with Gasteiger partial charge in [-0.25, -0.2) is 13.4 Å². The molecule has 0 radical (unpaired) electrons. The molecule has 0 bridgehead atoms. The second-order valence-corrected chi connectivity index (χ2v) is 10.2. The van der Waals surface area contributed by atoms with Crippen molar-refractivity contribution in [3.05, 3.63) is 39.4 Å². The normalized spacial score (nSPS) is 14.8. The molecule has 0 spiro atoms. The van der Waals surface area contributed by atoms with Crippen molar-refractivity contribution in [1.82, 2.24) is 9.29 Å². The van der Waals surface area contributed by atoms with Crippen LogP contribution in [-0.2, 0) is 26.0 Å². The molecule has 0 N–H and O–H groups in total. The highest BCUT2D eigenvalue weighted by Gasteiger charge is 2.31. The zero-order valence-electron chi connectivity index (χ0n) is 15.6. The highest BCUT2D eigenvalue weighted by molar-refractivity contribution is 8.01. The van der Waals surface area contributed by atoms with Gasteiger partial charge in [0, 0.05) is 35.5 Å². The number of sulfonamides is 1. The van der Waals surface area contributed by atoms with Crippen molar-refractivity contribution in [2.24, 2.45) is 0 Å². The van der Waals surface area contributed by atoms with Gasteiger partial charge in [0.05, 0.1) is 23.6 Å². The fourth-order valence-corrected chi connectivity index (χ4v) is 6.68. The van der Waals surface area contributed by atoms with Gasteiger partial charge in [-0.2, -0.15) is 4.31 Å². The second kappa shape index (κ2) is 9.20. The van der Waals surface area contributed by atoms with Crippen molar-refractivity contribution >= 4 is 44.8 Å². The first-order valence-electron chi connectivity index (χ1n) is 8.87. The number of carbonyl (C=O) groups is 1. The van der Waals surface area contributed by atoms with E-state index in [1.807, 2.05) is 0 Å². The number of non-ortho nitro benzene ring substituents is 1. The molecule has 0 unspecified atom stereocenters. The molecular formula is C17H19N3O6S3. The Kier molecular flexibility index (Phi) is 6.88. The molecule has 29 heavy (non-hydrogen) atoms. The number of nitrogens with zero attached hydrogens (tertiary/aromatic N) is 3. The van der Waals surface area contributed by atoms with E-state index in [0.29, 0.717) is 28.0 Å². The van der Waals surface area contributed by atoms with Crippen LogP contribution in [0.4, 0.5) is 5.69 Å². The van der Waals surface area contributed by atoms with E-state index in [9.17, 15) is 23.3 Å². The van der Waals surface area contributed by atoms with Crippen LogP contribution >= 0.6 is 23.1 Å². The van der Waals surface area contributed by atoms with Gasteiger partial charge in [0.25, 0.3) is 5.69 Å². The quantitative estimate of drug-likeness (QED) is 0.337. The van der Waals surface area contributed by atoms with Crippen LogP contribution in [0.1, 0.15) is 25.5 Å². The van der Waals surface area contributed by atoms with Gasteiger partial charge in [-0.1, -0.05) is 11.8 Å². The minimum absolute atomic E-state index is 0.0318. The molecule has 1 aromatic heterocycles. The maximum absolute atomic E-state index is 13.1. The minimum atomic E-state index is -3.85. The summed E-state index contributed by atoms with van der Waals surface area (Å²) in [5.41, 5.74) is 0.246. The molecule has 3 rings (SSSR count). The second-order valence-electron chi connectivity index (χ2n) is 6.19. The number of rotatable bonds is 8. The Hall–Kier alpha value is -2.02. The van der Waals surface area contributed by atoms with Gasteiger partial charge in [-0.3, -0.25) is 14.9 Å². The molecule has 1 aliphatic rings. The van der Waals surface area contributed by atoms with Crippen LogP contribution in [0.25, 0.3) is 0 Å². The summed E-state index contributed by atoms with van der Waals surface area (Å²) >= 11 is 2.38. The number of benzene rings is 1. The van der Waals surface area contributed by atoms with Crippen LogP contribution in [0.3, 0.4) is 0 Å². The Bertz CT molecular complexity index is 1020. The molecule has 2 aromatic rings. The fraction of sp³-hybridized carbons (Fsp3) is 0.412. The molecule has 0 atom stereocenters. The van der Waals surface area contributed by atoms with Crippen LogP contribution in [0.15, 0.2) is 37.7 Å². The van der Waals surface area contributed by atoms with Crippen molar-refractivity contribution in [2.45, 2.75) is 40.3 Å². The monoisotopic (exact) mass is 457 g/mol. The summed E-state index contributed by atoms with van der Waals surface area (Å²) < 4.78 is 32.9. The summed E-state index contributed by atoms with van der Waals surface area (Å²) in [5, 5.41) is 12.9. The molecule has 0 aliphatic carbocycles. The smallest absolute Gasteiger partial charge is 0.311 e. The van der Waals surface area contributed by atoms with Gasteiger partial charge < -0.3 is 4.74 Å². The summed E-state index contributed by atoms with van der Waals surface area (Å²) in [4.78, 5) is 26.8. The number of thiazole rings is 1. The Morgan fingerprint density at radius 1 is 1.38 bits per heavy atom. The van der Waals surface area contributed by atoms with Crippen molar-refractivity contribution < 1.29 is 22.9 Å². The van der Waals surface area contributed by atoms with Crippen LogP contribution in [0.2, 0.25) is 0 Å². The van der Waals surface area contributed by atoms with E-state index < -0.39 is 14.9 Å². The molecule has 0 amide bonds. The largest absolute Gasteiger partial charge is 0.466 e. The predicted molar refractivity (Wildman–Crippen MR) is 108 cm³/mol. The van der Waals surface area contributed by atoms with Crippen molar-refractivity contribution in [1.29, 1.82) is 0 Å². The summed E-state index contributed by atoms with van der Waals surface area (Å²) in [6.45, 7) is 2.80. The number of hydrogen-bond donors (Lipinski definition) is 0. The topological polar surface area (TPSA) is 120 Å². The first-order chi connectivity index (χ1) is 13.8. The third-order valence-electron chi connectivity index (χ3n) is 4.18. The van der Waals surface area contributed by atoms with E-state index in [0.717, 1.165) is 30.7 Å². The summed E-state index contributed by atoms with van der Waals surface area (Å²) in [6, 6.07) is 3.81. The minimum Gasteiger partial charge on any atom is -0.466 e. The molecule has 2 heterocycles. The maximum Gasteiger partial charge on any atom is 0.311 e. The molecule has 12 heteroatoms. The Balaban J connectivity index is 1.90. The third kappa shape index (κ3) is 5.13. The molecule has 1 aliphatic heterocycles. The zero-order chi connectivity index (χ0) is 21.0. The Labute approximate surface area is 176 Å². The van der Waals surface area contributed by atoms with Crippen molar-refractivity contribution in [2.75, 3.05) is 19.7 Å². The fourth-order valence-electron chi connectivity index (χ4n) is 2.83. The number of carbonyl (C=O) groups excluding carboxylic acids is 1. The SMILES string of the molecule is CCOC(=O)Cc1csc(Sc2ccc([N+](=O)[O-])cc2S(=O)(=O)N2CCCC2)n1. The Morgan fingerprint density at radius 3 is 2.76 bits per heavy atom. The first-order valence-corrected chi connectivity index (χ1v) is 12.0. The van der Waals surface area contributed by atoms with E-state index in [1.54, 1.807) is 12.3 Å². The van der Waals surface area contributed by atoms with Crippen LogP contribution in [0, 0.1) is 10.1 Å². The number of esters is 1. The molecular weight excluding hydrogens is 438 g/mol. The summed E-state index contributed by atoms with van der Waals surface area (Å²) in [5.74, 6) is -0.387. The number of nitro benzene ring substituents is 1. The summed E-state index contributed by atoms with van der Waals surface area (Å²) in [7, 11) is -3.85. The van der Waals surface area contributed by atoms with Crippen molar-refractivity contribution in [3.8, 4) is 0 Å². The maximum atomic E-state index is 13.1. The summed E-state index contributed by atoms with van der Waals surface area (Å²) in [6.07, 6.45) is 1.56.